The van der Waals surface area contributed by atoms with Crippen LogP contribution in [0.15, 0.2) is 36.8 Å². The smallest absolute Gasteiger partial charge is 0.350 e. The number of benzene rings is 1. The normalized spacial score (nSPS) is 18.6. The quantitative estimate of drug-likeness (QED) is 0.0144. The van der Waals surface area contributed by atoms with Crippen LogP contribution in [-0.2, 0) is 76.2 Å². The number of aryl methyl sites for hydroxylation is 2. The summed E-state index contributed by atoms with van der Waals surface area (Å²) in [6.45, 7) is 8.77. The summed E-state index contributed by atoms with van der Waals surface area (Å²) in [5.74, 6) is -5.22. The van der Waals surface area contributed by atoms with Gasteiger partial charge in [0.2, 0.25) is 11.0 Å². The van der Waals surface area contributed by atoms with E-state index in [1.54, 1.807) is 15.4 Å². The third-order valence-electron chi connectivity index (χ3n) is 14.0. The number of rotatable bonds is 40. The van der Waals surface area contributed by atoms with Crippen molar-refractivity contribution in [1.82, 2.24) is 49.4 Å². The molecule has 87 heavy (non-hydrogen) atoms. The maximum atomic E-state index is 13.8. The number of unbranched alkanes of at least 4 members (excludes halogenated alkanes) is 1. The van der Waals surface area contributed by atoms with Gasteiger partial charge in [0, 0.05) is 62.7 Å². The van der Waals surface area contributed by atoms with E-state index >= 15 is 0 Å². The number of aliphatic hydroxyl groups excluding tert-OH is 2. The minimum absolute atomic E-state index is 0.0530. The maximum Gasteiger partial charge on any atom is 0.350 e. The van der Waals surface area contributed by atoms with E-state index in [9.17, 15) is 37.5 Å². The van der Waals surface area contributed by atoms with E-state index in [1.807, 2.05) is 22.2 Å². The summed E-state index contributed by atoms with van der Waals surface area (Å²) in [5, 5.41) is 39.5. The topological polar surface area (TPSA) is 332 Å². The van der Waals surface area contributed by atoms with Crippen LogP contribution in [0.25, 0.3) is 11.0 Å². The summed E-state index contributed by atoms with van der Waals surface area (Å²) in [7, 11) is -4.45. The number of hydrogen-bond acceptors (Lipinski definition) is 23. The Kier molecular flexibility index (Phi) is 26.4. The summed E-state index contributed by atoms with van der Waals surface area (Å²) >= 11 is 6.42. The standard InChI is InChI=1S/C53H74ClF3N11O18P/c54-52-59-48(39-30-58-68(49(39)60-52)51-46(71)45(70)43(85-51)32-84-36-87(73,74)75)65-34-53(35-65)7-3-8-64(33-53)50(72)42-5-10-66(62-42)9-2-1-4-38-31-67(63-61-38)11-13-77-15-17-79-19-21-81-23-25-83-27-26-82-24-22-80-20-18-78-16-14-76-12-6-44(69)86-47-40(56)28-37(55)29-41(47)57/h5,10,28-31,43,45-46,51,70-71H,1-4,6-9,11-27,32-36H2,(H2,73,74,75)/t43-,45-,46-,51-/m1/s1. The molecule has 5 aromatic rings. The van der Waals surface area contributed by atoms with Crippen molar-refractivity contribution in [2.45, 2.75) is 76.2 Å². The molecule has 0 aliphatic carbocycles. The largest absolute Gasteiger partial charge is 0.420 e. The van der Waals surface area contributed by atoms with Gasteiger partial charge < -0.3 is 81.9 Å². The molecule has 4 atom stereocenters. The maximum absolute atomic E-state index is 13.8. The predicted molar refractivity (Wildman–Crippen MR) is 297 cm³/mol. The van der Waals surface area contributed by atoms with Crippen LogP contribution in [0.3, 0.4) is 0 Å². The number of ether oxygens (including phenoxy) is 11. The van der Waals surface area contributed by atoms with E-state index in [2.05, 4.69) is 35.2 Å². The summed E-state index contributed by atoms with van der Waals surface area (Å²) in [5.41, 5.74) is 1.34. The molecule has 3 saturated heterocycles. The fraction of sp³-hybridized carbons (Fsp3) is 0.660. The van der Waals surface area contributed by atoms with Gasteiger partial charge in [-0.05, 0) is 49.8 Å². The van der Waals surface area contributed by atoms with Crippen molar-refractivity contribution in [3.8, 4) is 5.75 Å². The van der Waals surface area contributed by atoms with Crippen LogP contribution >= 0.6 is 19.2 Å². The van der Waals surface area contributed by atoms with Crippen molar-refractivity contribution in [3.05, 3.63) is 70.9 Å². The zero-order chi connectivity index (χ0) is 61.6. The van der Waals surface area contributed by atoms with E-state index in [0.29, 0.717) is 154 Å². The monoisotopic (exact) mass is 1280 g/mol. The highest BCUT2D eigenvalue weighted by Gasteiger charge is 2.49. The Morgan fingerprint density at radius 1 is 0.759 bits per heavy atom. The van der Waals surface area contributed by atoms with Gasteiger partial charge >= 0.3 is 13.6 Å². The molecule has 0 unspecified atom stereocenters. The number of esters is 1. The van der Waals surface area contributed by atoms with Gasteiger partial charge in [-0.2, -0.15) is 20.2 Å². The fourth-order valence-electron chi connectivity index (χ4n) is 9.87. The van der Waals surface area contributed by atoms with Gasteiger partial charge in [-0.15, -0.1) is 5.10 Å². The van der Waals surface area contributed by atoms with Crippen LogP contribution in [0, 0.1) is 22.9 Å². The van der Waals surface area contributed by atoms with Gasteiger partial charge in [0.1, 0.15) is 42.0 Å². The molecule has 29 nitrogen and oxygen atoms in total. The molecule has 0 bridgehead atoms. The fourth-order valence-corrected chi connectivity index (χ4v) is 10.4. The Morgan fingerprint density at radius 3 is 1.99 bits per heavy atom. The predicted octanol–water partition coefficient (Wildman–Crippen LogP) is 2.35. The van der Waals surface area contributed by atoms with Crippen molar-refractivity contribution < 1.29 is 99.4 Å². The van der Waals surface area contributed by atoms with Crippen molar-refractivity contribution in [2.75, 3.05) is 150 Å². The number of anilines is 1. The van der Waals surface area contributed by atoms with Gasteiger partial charge in [-0.1, -0.05) is 5.21 Å². The van der Waals surface area contributed by atoms with Gasteiger partial charge in [-0.25, -0.2) is 22.5 Å². The van der Waals surface area contributed by atoms with Gasteiger partial charge in [0.15, 0.2) is 23.5 Å². The molecular weight excluding hydrogens is 1200 g/mol. The number of aromatic nitrogens is 9. The Balaban J connectivity index is 0.585. The van der Waals surface area contributed by atoms with Gasteiger partial charge in [-0.3, -0.25) is 18.8 Å². The summed E-state index contributed by atoms with van der Waals surface area (Å²) in [6.07, 6.45) is 3.10. The molecule has 1 amide bonds. The zero-order valence-electron chi connectivity index (χ0n) is 47.9. The molecule has 3 fully saturated rings. The first-order valence-corrected chi connectivity index (χ1v) is 30.7. The molecule has 4 aromatic heterocycles. The minimum atomic E-state index is -4.45. The summed E-state index contributed by atoms with van der Waals surface area (Å²) in [6, 6.07) is 2.60. The van der Waals surface area contributed by atoms with Gasteiger partial charge in [0.25, 0.3) is 5.91 Å². The number of hydrogen-bond donors (Lipinski definition) is 4. The average molecular weight is 1280 g/mol. The van der Waals surface area contributed by atoms with Crippen LogP contribution in [-0.4, -0.2) is 244 Å². The zero-order valence-corrected chi connectivity index (χ0v) is 49.5. The second-order valence-electron chi connectivity index (χ2n) is 20.8. The first kappa shape index (κ1) is 67.5. The van der Waals surface area contributed by atoms with E-state index in [0.717, 1.165) is 37.8 Å². The first-order valence-electron chi connectivity index (χ1n) is 28.5. The lowest BCUT2D eigenvalue weighted by molar-refractivity contribution is -0.136. The average Bonchev–Trinajstić information content (AvgIpc) is 1.82. The van der Waals surface area contributed by atoms with Crippen molar-refractivity contribution >= 4 is 47.9 Å². The Bertz CT molecular complexity index is 2970. The molecule has 3 aliphatic rings. The summed E-state index contributed by atoms with van der Waals surface area (Å²) in [4.78, 5) is 56.5. The third-order valence-corrected chi connectivity index (χ3v) is 14.7. The number of carbonyl (C=O) groups excluding carboxylic acids is 2. The number of carbonyl (C=O) groups is 2. The Morgan fingerprint density at radius 2 is 1.37 bits per heavy atom. The SMILES string of the molecule is O=C(CCOCCOCCOCCOCCOCCOCCOCCOCCn1cc(CCCCn2ccc(C(=O)N3CCCC4(C3)CN(c3nc(Cl)nc5c3cnn5[C@@H]3O[C@H](COCP(=O)(O)O)[C@@H](O)[C@H]3O)C4)n2)nn1)Oc1c(F)cc(F)cc1F. The number of amides is 1. The summed E-state index contributed by atoms with van der Waals surface area (Å²) < 4.78 is 115. The number of likely N-dealkylation sites (tertiary alicyclic amines) is 1. The Hall–Kier alpha value is -5.39. The lowest BCUT2D eigenvalue weighted by Gasteiger charge is -2.55. The first-order chi connectivity index (χ1) is 42.0. The highest BCUT2D eigenvalue weighted by atomic mass is 35.5. The molecular formula is C53H74ClF3N11O18P. The van der Waals surface area contributed by atoms with E-state index in [1.165, 1.54) is 10.9 Å². The highest BCUT2D eigenvalue weighted by molar-refractivity contribution is 7.51. The molecule has 1 spiro atoms. The van der Waals surface area contributed by atoms with Crippen LogP contribution in [0.2, 0.25) is 5.28 Å². The molecule has 482 valence electrons. The molecule has 0 radical (unpaired) electrons. The van der Waals surface area contributed by atoms with E-state index in [-0.39, 0.29) is 55.1 Å². The van der Waals surface area contributed by atoms with Crippen LogP contribution in [0.5, 0.6) is 5.75 Å². The molecule has 1 aromatic carbocycles. The highest BCUT2D eigenvalue weighted by Crippen LogP contribution is 2.44. The van der Waals surface area contributed by atoms with Crippen molar-refractivity contribution in [1.29, 1.82) is 0 Å². The molecule has 8 rings (SSSR count). The van der Waals surface area contributed by atoms with Crippen molar-refractivity contribution in [2.24, 2.45) is 5.41 Å². The second kappa shape index (κ2) is 34.0. The lowest BCUT2D eigenvalue weighted by atomic mass is 9.73. The molecule has 3 aliphatic heterocycles. The number of aliphatic hydroxyl groups is 2. The molecule has 0 saturated carbocycles. The third kappa shape index (κ3) is 20.8. The lowest BCUT2D eigenvalue weighted by Crippen LogP contribution is -2.64. The van der Waals surface area contributed by atoms with E-state index < -0.39 is 67.7 Å². The number of piperidine rings is 1. The number of fused-ring (bicyclic) bond motifs is 1. The second-order valence-corrected chi connectivity index (χ2v) is 22.7. The van der Waals surface area contributed by atoms with Gasteiger partial charge in [0.05, 0.1) is 143 Å². The Labute approximate surface area is 503 Å². The van der Waals surface area contributed by atoms with Crippen LogP contribution < -0.4 is 9.64 Å². The van der Waals surface area contributed by atoms with E-state index in [4.69, 9.17) is 68.8 Å². The molecule has 7 heterocycles. The van der Waals surface area contributed by atoms with Crippen molar-refractivity contribution in [3.63, 3.8) is 0 Å². The van der Waals surface area contributed by atoms with Crippen LogP contribution in [0.4, 0.5) is 19.0 Å². The minimum Gasteiger partial charge on any atom is -0.420 e. The number of nitrogens with zero attached hydrogens (tertiary/aromatic N) is 11. The number of halogens is 4. The molecule has 4 N–H and O–H groups in total. The van der Waals surface area contributed by atoms with Crippen LogP contribution in [0.1, 0.15) is 54.5 Å². The molecule has 34 heteroatoms.